The number of aryl methyl sites for hydroxylation is 1. The molecule has 2 heterocycles. The van der Waals surface area contributed by atoms with Crippen molar-refractivity contribution in [2.75, 3.05) is 13.1 Å². The Labute approximate surface area is 180 Å². The lowest BCUT2D eigenvalue weighted by Crippen LogP contribution is -2.28. The Balaban J connectivity index is 0.00000196. The van der Waals surface area contributed by atoms with Gasteiger partial charge in [-0.2, -0.15) is 0 Å². The van der Waals surface area contributed by atoms with Gasteiger partial charge in [0.2, 0.25) is 5.91 Å². The van der Waals surface area contributed by atoms with E-state index in [1.54, 1.807) is 22.3 Å². The van der Waals surface area contributed by atoms with Gasteiger partial charge in [0.15, 0.2) is 0 Å². The molecule has 1 amide bonds. The summed E-state index contributed by atoms with van der Waals surface area (Å²) < 4.78 is 5.74. The molecule has 9 heteroatoms. The minimum atomic E-state index is -0.843. The highest BCUT2D eigenvalue weighted by Gasteiger charge is 2.29. The summed E-state index contributed by atoms with van der Waals surface area (Å²) in [4.78, 5) is 29.1. The molecule has 1 atom stereocenters. The number of carboxylic acids is 1. The number of hydrogen-bond donors (Lipinski definition) is 1. The molecule has 1 aromatic heterocycles. The number of aliphatic carboxylic acids is 1. The van der Waals surface area contributed by atoms with Crippen molar-refractivity contribution in [1.82, 2.24) is 9.88 Å². The topological polar surface area (TPSA) is 79.7 Å². The Bertz CT molecular complexity index is 841. The van der Waals surface area contributed by atoms with E-state index in [9.17, 15) is 9.59 Å². The van der Waals surface area contributed by atoms with E-state index in [0.717, 1.165) is 16.3 Å². The molecular weight excluding hydrogens is 423 g/mol. The summed E-state index contributed by atoms with van der Waals surface area (Å²) in [6.07, 6.45) is 3.71. The first kappa shape index (κ1) is 23.9. The predicted octanol–water partition coefficient (Wildman–Crippen LogP) is 3.82. The molecule has 0 spiro atoms. The summed E-state index contributed by atoms with van der Waals surface area (Å²) in [5.74, 6) is -0.766. The number of halogens is 2. The predicted molar refractivity (Wildman–Crippen MR) is 113 cm³/mol. The normalized spacial score (nSPS) is 15.8. The average Bonchev–Trinajstić information content (AvgIpc) is 3.27. The molecular formula is C19H22Cl2N2O4S. The SMILES string of the molecule is Cc1nc(COc2cccc(/C=C/C(=O)N3CCC(C(=O)O)C3)c2)cs1.Cl.Cl. The van der Waals surface area contributed by atoms with Crippen molar-refractivity contribution in [1.29, 1.82) is 0 Å². The van der Waals surface area contributed by atoms with Crippen LogP contribution < -0.4 is 4.74 Å². The van der Waals surface area contributed by atoms with Crippen LogP contribution in [0.15, 0.2) is 35.7 Å². The Morgan fingerprint density at radius 3 is 2.82 bits per heavy atom. The number of likely N-dealkylation sites (tertiary alicyclic amines) is 1. The van der Waals surface area contributed by atoms with Crippen molar-refractivity contribution in [3.8, 4) is 5.75 Å². The quantitative estimate of drug-likeness (QED) is 0.684. The summed E-state index contributed by atoms with van der Waals surface area (Å²) in [7, 11) is 0. The van der Waals surface area contributed by atoms with Crippen molar-refractivity contribution >= 4 is 54.1 Å². The summed E-state index contributed by atoms with van der Waals surface area (Å²) in [6.45, 7) is 3.11. The van der Waals surface area contributed by atoms with Crippen LogP contribution in [-0.2, 0) is 16.2 Å². The monoisotopic (exact) mass is 444 g/mol. The molecule has 1 fully saturated rings. The van der Waals surface area contributed by atoms with Gasteiger partial charge in [-0.05, 0) is 37.1 Å². The number of ether oxygens (including phenoxy) is 1. The van der Waals surface area contributed by atoms with Crippen LogP contribution in [0, 0.1) is 12.8 Å². The van der Waals surface area contributed by atoms with Gasteiger partial charge in [-0.3, -0.25) is 9.59 Å². The third kappa shape index (κ3) is 6.51. The van der Waals surface area contributed by atoms with Crippen LogP contribution in [0.1, 0.15) is 22.7 Å². The summed E-state index contributed by atoms with van der Waals surface area (Å²) in [5.41, 5.74) is 1.74. The average molecular weight is 445 g/mol. The lowest BCUT2D eigenvalue weighted by Gasteiger charge is -2.12. The molecule has 1 saturated heterocycles. The van der Waals surface area contributed by atoms with E-state index >= 15 is 0 Å². The lowest BCUT2D eigenvalue weighted by atomic mass is 10.1. The van der Waals surface area contributed by atoms with E-state index in [4.69, 9.17) is 9.84 Å². The number of rotatable bonds is 6. The fourth-order valence-electron chi connectivity index (χ4n) is 2.77. The zero-order chi connectivity index (χ0) is 18.5. The van der Waals surface area contributed by atoms with Crippen LogP contribution >= 0.6 is 36.2 Å². The molecule has 1 aliphatic heterocycles. The Hall–Kier alpha value is -2.09. The van der Waals surface area contributed by atoms with Gasteiger partial charge in [0.1, 0.15) is 12.4 Å². The Morgan fingerprint density at radius 2 is 2.18 bits per heavy atom. The maximum Gasteiger partial charge on any atom is 0.308 e. The first-order valence-electron chi connectivity index (χ1n) is 8.35. The van der Waals surface area contributed by atoms with E-state index in [1.807, 2.05) is 36.6 Å². The second-order valence-corrected chi connectivity index (χ2v) is 7.22. The molecule has 1 aromatic carbocycles. The fraction of sp³-hybridized carbons (Fsp3) is 0.316. The molecule has 2 aromatic rings. The van der Waals surface area contributed by atoms with Gasteiger partial charge in [-0.25, -0.2) is 4.98 Å². The van der Waals surface area contributed by atoms with Crippen molar-refractivity contribution in [2.24, 2.45) is 5.92 Å². The largest absolute Gasteiger partial charge is 0.487 e. The van der Waals surface area contributed by atoms with Crippen LogP contribution in [0.3, 0.4) is 0 Å². The third-order valence-electron chi connectivity index (χ3n) is 4.18. The number of aromatic nitrogens is 1. The van der Waals surface area contributed by atoms with Gasteiger partial charge in [0.05, 0.1) is 16.6 Å². The van der Waals surface area contributed by atoms with Gasteiger partial charge < -0.3 is 14.7 Å². The van der Waals surface area contributed by atoms with Gasteiger partial charge in [-0.1, -0.05) is 12.1 Å². The first-order valence-corrected chi connectivity index (χ1v) is 9.23. The molecule has 152 valence electrons. The van der Waals surface area contributed by atoms with Gasteiger partial charge in [-0.15, -0.1) is 36.2 Å². The highest BCUT2D eigenvalue weighted by atomic mass is 35.5. The van der Waals surface area contributed by atoms with Crippen molar-refractivity contribution < 1.29 is 19.4 Å². The zero-order valence-electron chi connectivity index (χ0n) is 15.2. The number of hydrogen-bond acceptors (Lipinski definition) is 5. The number of carboxylic acid groups (broad SMARTS) is 1. The van der Waals surface area contributed by atoms with E-state index in [1.165, 1.54) is 6.08 Å². The molecule has 0 radical (unpaired) electrons. The Kier molecular flexibility index (Phi) is 9.45. The molecule has 28 heavy (non-hydrogen) atoms. The maximum atomic E-state index is 12.2. The molecule has 1 N–H and O–H groups in total. The van der Waals surface area contributed by atoms with Gasteiger partial charge in [0, 0.05) is 24.5 Å². The van der Waals surface area contributed by atoms with Gasteiger partial charge in [0.25, 0.3) is 0 Å². The van der Waals surface area contributed by atoms with E-state index < -0.39 is 11.9 Å². The smallest absolute Gasteiger partial charge is 0.308 e. The van der Waals surface area contributed by atoms with E-state index in [-0.39, 0.29) is 37.3 Å². The minimum Gasteiger partial charge on any atom is -0.487 e. The highest BCUT2D eigenvalue weighted by molar-refractivity contribution is 7.09. The van der Waals surface area contributed by atoms with Crippen LogP contribution in [0.2, 0.25) is 0 Å². The molecule has 0 saturated carbocycles. The van der Waals surface area contributed by atoms with E-state index in [2.05, 4.69) is 4.98 Å². The summed E-state index contributed by atoms with van der Waals surface area (Å²) >= 11 is 1.59. The van der Waals surface area contributed by atoms with Crippen molar-refractivity contribution in [3.05, 3.63) is 52.0 Å². The molecule has 0 bridgehead atoms. The lowest BCUT2D eigenvalue weighted by molar-refractivity contribution is -0.141. The summed E-state index contributed by atoms with van der Waals surface area (Å²) in [6, 6.07) is 7.46. The minimum absolute atomic E-state index is 0. The van der Waals surface area contributed by atoms with Crippen LogP contribution in [0.4, 0.5) is 0 Å². The van der Waals surface area contributed by atoms with E-state index in [0.29, 0.717) is 25.3 Å². The fourth-order valence-corrected chi connectivity index (χ4v) is 3.37. The van der Waals surface area contributed by atoms with Crippen LogP contribution in [-0.4, -0.2) is 40.0 Å². The Morgan fingerprint density at radius 1 is 1.39 bits per heavy atom. The number of thiazole rings is 1. The highest BCUT2D eigenvalue weighted by Crippen LogP contribution is 2.19. The molecule has 1 unspecified atom stereocenters. The first-order chi connectivity index (χ1) is 12.5. The standard InChI is InChI=1S/C19H20N2O4S.2ClH/c1-13-20-16(12-26-13)11-25-17-4-2-3-14(9-17)5-6-18(22)21-8-7-15(10-21)19(23)24;;/h2-6,9,12,15H,7-8,10-11H2,1H3,(H,23,24);2*1H/b6-5+;;. The number of carbonyl (C=O) groups excluding carboxylic acids is 1. The molecule has 1 aliphatic rings. The number of amides is 1. The number of benzene rings is 1. The molecule has 6 nitrogen and oxygen atoms in total. The summed E-state index contributed by atoms with van der Waals surface area (Å²) in [5, 5.41) is 12.0. The third-order valence-corrected chi connectivity index (χ3v) is 5.00. The number of carbonyl (C=O) groups is 2. The maximum absolute atomic E-state index is 12.2. The molecule has 0 aliphatic carbocycles. The van der Waals surface area contributed by atoms with Crippen molar-refractivity contribution in [2.45, 2.75) is 20.0 Å². The zero-order valence-corrected chi connectivity index (χ0v) is 17.7. The second-order valence-electron chi connectivity index (χ2n) is 6.16. The van der Waals surface area contributed by atoms with Crippen LogP contribution in [0.25, 0.3) is 6.08 Å². The van der Waals surface area contributed by atoms with Crippen LogP contribution in [0.5, 0.6) is 5.75 Å². The number of nitrogens with zero attached hydrogens (tertiary/aromatic N) is 2. The van der Waals surface area contributed by atoms with Gasteiger partial charge >= 0.3 is 5.97 Å². The molecule has 3 rings (SSSR count). The second kappa shape index (κ2) is 11.0. The van der Waals surface area contributed by atoms with Crippen molar-refractivity contribution in [3.63, 3.8) is 0 Å².